The Morgan fingerprint density at radius 3 is 2.23 bits per heavy atom. The van der Waals surface area contributed by atoms with Gasteiger partial charge in [0.1, 0.15) is 5.78 Å². The molecule has 1 unspecified atom stereocenters. The standard InChI is InChI=1S/C8H14F3NO/c1-4-7(13)6(2)12(3)5-8(9,10)11/h6H,4-5H2,1-3H3. The Balaban J connectivity index is 4.11. The maximum Gasteiger partial charge on any atom is 0.401 e. The van der Waals surface area contributed by atoms with Crippen molar-refractivity contribution in [1.82, 2.24) is 4.90 Å². The summed E-state index contributed by atoms with van der Waals surface area (Å²) in [5.74, 6) is -0.174. The highest BCUT2D eigenvalue weighted by Gasteiger charge is 2.32. The summed E-state index contributed by atoms with van der Waals surface area (Å²) in [5.41, 5.74) is 0. The molecule has 0 saturated heterocycles. The van der Waals surface area contributed by atoms with Crippen molar-refractivity contribution in [2.45, 2.75) is 32.5 Å². The summed E-state index contributed by atoms with van der Waals surface area (Å²) in [6, 6.07) is -0.661. The first-order chi connectivity index (χ1) is 5.78. The van der Waals surface area contributed by atoms with Gasteiger partial charge in [-0.05, 0) is 14.0 Å². The fourth-order valence-corrected chi connectivity index (χ4v) is 0.961. The van der Waals surface area contributed by atoms with E-state index in [1.807, 2.05) is 0 Å². The van der Waals surface area contributed by atoms with Gasteiger partial charge in [-0.15, -0.1) is 0 Å². The number of carbonyl (C=O) groups is 1. The summed E-state index contributed by atoms with van der Waals surface area (Å²) in [6.07, 6.45) is -3.97. The highest BCUT2D eigenvalue weighted by molar-refractivity contribution is 5.83. The van der Waals surface area contributed by atoms with Gasteiger partial charge in [0.15, 0.2) is 0 Å². The molecule has 0 aromatic rings. The third kappa shape index (κ3) is 4.87. The second-order valence-corrected chi connectivity index (χ2v) is 3.03. The first kappa shape index (κ1) is 12.4. The van der Waals surface area contributed by atoms with Crippen LogP contribution in [0.15, 0.2) is 0 Å². The van der Waals surface area contributed by atoms with E-state index in [2.05, 4.69) is 0 Å². The molecule has 0 amide bonds. The van der Waals surface area contributed by atoms with E-state index in [0.717, 1.165) is 4.90 Å². The summed E-state index contributed by atoms with van der Waals surface area (Å²) in [5, 5.41) is 0. The molecule has 0 saturated carbocycles. The van der Waals surface area contributed by atoms with Crippen molar-refractivity contribution >= 4 is 5.78 Å². The number of alkyl halides is 3. The molecule has 0 aromatic heterocycles. The van der Waals surface area contributed by atoms with Gasteiger partial charge < -0.3 is 0 Å². The van der Waals surface area contributed by atoms with Crippen LogP contribution in [-0.4, -0.2) is 36.5 Å². The van der Waals surface area contributed by atoms with Gasteiger partial charge in [-0.2, -0.15) is 13.2 Å². The van der Waals surface area contributed by atoms with Crippen LogP contribution >= 0.6 is 0 Å². The van der Waals surface area contributed by atoms with Gasteiger partial charge in [0.2, 0.25) is 0 Å². The van der Waals surface area contributed by atoms with Crippen LogP contribution in [0, 0.1) is 0 Å². The molecule has 0 fully saturated rings. The number of Topliss-reactive ketones (excluding diaryl/α,β-unsaturated/α-hetero) is 1. The SMILES string of the molecule is CCC(=O)C(C)N(C)CC(F)(F)F. The fourth-order valence-electron chi connectivity index (χ4n) is 0.961. The van der Waals surface area contributed by atoms with Gasteiger partial charge in [-0.1, -0.05) is 6.92 Å². The second-order valence-electron chi connectivity index (χ2n) is 3.03. The van der Waals surface area contributed by atoms with Crippen LogP contribution in [0.3, 0.4) is 0 Å². The van der Waals surface area contributed by atoms with Crippen LogP contribution in [-0.2, 0) is 4.79 Å². The number of likely N-dealkylation sites (N-methyl/N-ethyl adjacent to an activating group) is 1. The van der Waals surface area contributed by atoms with Gasteiger partial charge in [0.25, 0.3) is 0 Å². The molecule has 5 heteroatoms. The van der Waals surface area contributed by atoms with Crippen molar-refractivity contribution < 1.29 is 18.0 Å². The smallest absolute Gasteiger partial charge is 0.298 e. The van der Waals surface area contributed by atoms with Crippen LogP contribution < -0.4 is 0 Å². The van der Waals surface area contributed by atoms with Crippen LogP contribution in [0.5, 0.6) is 0 Å². The average Bonchev–Trinajstić information content (AvgIpc) is 1.98. The van der Waals surface area contributed by atoms with Gasteiger partial charge in [0.05, 0.1) is 12.6 Å². The summed E-state index contributed by atoms with van der Waals surface area (Å²) in [6.45, 7) is 2.08. The van der Waals surface area contributed by atoms with E-state index in [0.29, 0.717) is 0 Å². The fraction of sp³-hybridized carbons (Fsp3) is 0.875. The number of halogens is 3. The molecule has 0 N–H and O–H groups in total. The molecule has 0 aromatic carbocycles. The van der Waals surface area contributed by atoms with E-state index in [1.165, 1.54) is 14.0 Å². The minimum absolute atomic E-state index is 0.174. The van der Waals surface area contributed by atoms with Crippen molar-refractivity contribution in [3.63, 3.8) is 0 Å². The Bertz CT molecular complexity index is 179. The number of rotatable bonds is 4. The molecule has 2 nitrogen and oxygen atoms in total. The summed E-state index contributed by atoms with van der Waals surface area (Å²) in [7, 11) is 1.30. The van der Waals surface area contributed by atoms with E-state index in [1.54, 1.807) is 6.92 Å². The van der Waals surface area contributed by atoms with Crippen molar-refractivity contribution in [1.29, 1.82) is 0 Å². The third-order valence-corrected chi connectivity index (χ3v) is 1.90. The Morgan fingerprint density at radius 1 is 1.46 bits per heavy atom. The lowest BCUT2D eigenvalue weighted by molar-refractivity contribution is -0.150. The lowest BCUT2D eigenvalue weighted by Gasteiger charge is -2.24. The number of hydrogen-bond acceptors (Lipinski definition) is 2. The van der Waals surface area contributed by atoms with Gasteiger partial charge in [-0.25, -0.2) is 0 Å². The van der Waals surface area contributed by atoms with E-state index >= 15 is 0 Å². The van der Waals surface area contributed by atoms with Crippen molar-refractivity contribution in [3.05, 3.63) is 0 Å². The second kappa shape index (κ2) is 4.60. The maximum absolute atomic E-state index is 11.9. The van der Waals surface area contributed by atoms with Gasteiger partial charge in [0, 0.05) is 6.42 Å². The Hall–Kier alpha value is -0.580. The zero-order valence-corrected chi connectivity index (χ0v) is 7.98. The highest BCUT2D eigenvalue weighted by atomic mass is 19.4. The highest BCUT2D eigenvalue weighted by Crippen LogP contribution is 2.17. The van der Waals surface area contributed by atoms with Crippen LogP contribution in [0.1, 0.15) is 20.3 Å². The summed E-state index contributed by atoms with van der Waals surface area (Å²) < 4.78 is 35.6. The predicted octanol–water partition coefficient (Wildman–Crippen LogP) is 1.85. The number of hydrogen-bond donors (Lipinski definition) is 0. The molecule has 0 aliphatic carbocycles. The zero-order chi connectivity index (χ0) is 10.6. The topological polar surface area (TPSA) is 20.3 Å². The van der Waals surface area contributed by atoms with E-state index in [9.17, 15) is 18.0 Å². The van der Waals surface area contributed by atoms with E-state index < -0.39 is 18.8 Å². The lowest BCUT2D eigenvalue weighted by atomic mass is 10.1. The largest absolute Gasteiger partial charge is 0.401 e. The molecule has 0 aliphatic heterocycles. The molecule has 0 spiro atoms. The van der Waals surface area contributed by atoms with Crippen LogP contribution in [0.4, 0.5) is 13.2 Å². The van der Waals surface area contributed by atoms with Crippen molar-refractivity contribution in [2.24, 2.45) is 0 Å². The van der Waals surface area contributed by atoms with Gasteiger partial charge >= 0.3 is 6.18 Å². The maximum atomic E-state index is 11.9. The third-order valence-electron chi connectivity index (χ3n) is 1.90. The average molecular weight is 197 g/mol. The molecule has 0 bridgehead atoms. The molecular weight excluding hydrogens is 183 g/mol. The number of carbonyl (C=O) groups excluding carboxylic acids is 1. The first-order valence-electron chi connectivity index (χ1n) is 4.07. The van der Waals surface area contributed by atoms with Gasteiger partial charge in [-0.3, -0.25) is 9.69 Å². The van der Waals surface area contributed by atoms with E-state index in [4.69, 9.17) is 0 Å². The summed E-state index contributed by atoms with van der Waals surface area (Å²) >= 11 is 0. The first-order valence-corrected chi connectivity index (χ1v) is 4.07. The zero-order valence-electron chi connectivity index (χ0n) is 7.98. The molecule has 78 valence electrons. The summed E-state index contributed by atoms with van der Waals surface area (Å²) in [4.78, 5) is 12.0. The molecule has 0 aliphatic rings. The van der Waals surface area contributed by atoms with Crippen LogP contribution in [0.2, 0.25) is 0 Å². The monoisotopic (exact) mass is 197 g/mol. The lowest BCUT2D eigenvalue weighted by Crippen LogP contribution is -2.41. The minimum Gasteiger partial charge on any atom is -0.298 e. The number of nitrogens with zero attached hydrogens (tertiary/aromatic N) is 1. The van der Waals surface area contributed by atoms with E-state index in [-0.39, 0.29) is 12.2 Å². The molecule has 0 rings (SSSR count). The quantitative estimate of drug-likeness (QED) is 0.685. The molecule has 0 radical (unpaired) electrons. The Morgan fingerprint density at radius 2 is 1.92 bits per heavy atom. The molecule has 13 heavy (non-hydrogen) atoms. The molecular formula is C8H14F3NO. The minimum atomic E-state index is -4.24. The van der Waals surface area contributed by atoms with Crippen molar-refractivity contribution in [2.75, 3.05) is 13.6 Å². The normalized spacial score (nSPS) is 14.7. The molecule has 0 heterocycles. The number of ketones is 1. The molecule has 1 atom stereocenters. The predicted molar refractivity (Wildman–Crippen MR) is 43.4 cm³/mol. The Labute approximate surface area is 75.7 Å². The van der Waals surface area contributed by atoms with Crippen LogP contribution in [0.25, 0.3) is 0 Å². The Kier molecular flexibility index (Phi) is 4.39. The van der Waals surface area contributed by atoms with Crippen molar-refractivity contribution in [3.8, 4) is 0 Å².